The van der Waals surface area contributed by atoms with Crippen LogP contribution in [0, 0.1) is 0 Å². The van der Waals surface area contributed by atoms with Crippen LogP contribution in [0.4, 0.5) is 0 Å². The van der Waals surface area contributed by atoms with Crippen LogP contribution in [0.25, 0.3) is 0 Å². The van der Waals surface area contributed by atoms with Crippen LogP contribution >= 0.6 is 0 Å². The molecular weight excluding hydrogens is 361 g/mol. The van der Waals surface area contributed by atoms with Gasteiger partial charge < -0.3 is 0 Å². The van der Waals surface area contributed by atoms with Crippen molar-refractivity contribution in [2.24, 2.45) is 0 Å². The Balaban J connectivity index is -0.000000000833. The molecule has 0 saturated carbocycles. The van der Waals surface area contributed by atoms with Crippen LogP contribution in [0.15, 0.2) is 0 Å². The zero-order valence-corrected chi connectivity index (χ0v) is 11.3. The molecule has 0 rings (SSSR count). The molecule has 0 spiro atoms. The van der Waals surface area contributed by atoms with Crippen LogP contribution in [0.2, 0.25) is 0 Å². The van der Waals surface area contributed by atoms with Crippen molar-refractivity contribution in [1.82, 2.24) is 0 Å². The third-order valence-corrected chi connectivity index (χ3v) is 0. The van der Waals surface area contributed by atoms with Gasteiger partial charge in [0.15, 0.2) is 17.4 Å². The molecule has 0 radical (unpaired) electrons. The first-order chi connectivity index (χ1) is 1.00. The fourth-order valence-electron chi connectivity index (χ4n) is 0. The van der Waals surface area contributed by atoms with Crippen LogP contribution in [0.3, 0.4) is 0 Å². The van der Waals surface area contributed by atoms with Gasteiger partial charge in [-0.3, -0.25) is 0 Å². The van der Waals surface area contributed by atoms with Crippen molar-refractivity contribution in [2.75, 3.05) is 0 Å². The fourth-order valence-corrected chi connectivity index (χ4v) is 0. The topological polar surface area (TPSA) is 0 Å². The predicted molar refractivity (Wildman–Crippen MR) is 9.94 cm³/mol. The van der Waals surface area contributed by atoms with Gasteiger partial charge in [0.05, 0.1) is 0 Å². The molecule has 0 aromatic carbocycles. The van der Waals surface area contributed by atoms with Crippen molar-refractivity contribution < 1.29 is 102 Å². The summed E-state index contributed by atoms with van der Waals surface area (Å²) in [6, 6.07) is 0. The Hall–Kier alpha value is 4.12. The standard InChI is InChI=1S/Al.Mo.2Ti.V.Zr.3H. The van der Waals surface area contributed by atoms with Gasteiger partial charge in [-0.25, -0.2) is 0 Å². The van der Waals surface area contributed by atoms with Crippen molar-refractivity contribution in [2.45, 2.75) is 0 Å². The van der Waals surface area contributed by atoms with Crippen molar-refractivity contribution in [3.8, 4) is 0 Å². The SMILES string of the molecule is [AlH3].[Ti].[Ti].[V][Mo].[Zr]. The molecule has 0 unspecified atom stereocenters. The van der Waals surface area contributed by atoms with E-state index in [0.29, 0.717) is 0 Å². The van der Waals surface area contributed by atoms with Crippen LogP contribution in [0.5, 0.6) is 0 Å². The molecule has 0 atom stereocenters. The minimum atomic E-state index is 0. The first-order valence-corrected chi connectivity index (χ1v) is 4.45. The molecule has 0 N–H and O–H groups in total. The molecule has 0 aliphatic rings. The average Bonchev–Trinajstić information content (AvgIpc) is 1.00. The Morgan fingerprint density at radius 1 is 1.00 bits per heavy atom. The molecule has 0 bridgehead atoms. The maximum atomic E-state index is 2.32. The molecule has 0 aliphatic heterocycles. The number of hydrogen-bond donors (Lipinski definition) is 0. The number of rotatable bonds is 0. The van der Waals surface area contributed by atoms with E-state index in [9.17, 15) is 0 Å². The quantitative estimate of drug-likeness (QED) is 0.475. The molecule has 0 heterocycles. The first kappa shape index (κ1) is 32.1. The Morgan fingerprint density at radius 2 is 1.00 bits per heavy atom. The minimum absolute atomic E-state index is 0. The Kier molecular flexibility index (Phi) is 190. The fraction of sp³-hybridized carbons (Fsp3) is 0. The van der Waals surface area contributed by atoms with Crippen LogP contribution in [-0.2, 0) is 102 Å². The molecule has 0 aliphatic carbocycles. The molecule has 29 valence electrons. The van der Waals surface area contributed by atoms with Crippen molar-refractivity contribution in [3.63, 3.8) is 0 Å². The second-order valence-corrected chi connectivity index (χ2v) is 0. The van der Waals surface area contributed by atoms with E-state index < -0.39 is 0 Å². The molecule has 6 heteroatoms. The molecule has 6 heavy (non-hydrogen) atoms. The van der Waals surface area contributed by atoms with Gasteiger partial charge in [-0.2, -0.15) is 0 Å². The van der Waals surface area contributed by atoms with E-state index in [4.69, 9.17) is 0 Å². The van der Waals surface area contributed by atoms with Gasteiger partial charge in [-0.05, 0) is 0 Å². The smallest absolute Gasteiger partial charge is 0 e. The van der Waals surface area contributed by atoms with Gasteiger partial charge in [-0.1, -0.05) is 0 Å². The molecule has 0 aromatic rings. The first-order valence-electron chi connectivity index (χ1n) is 0.183. The normalized spacial score (nSPS) is 0.667. The van der Waals surface area contributed by atoms with E-state index >= 15 is 0 Å². The van der Waals surface area contributed by atoms with Crippen LogP contribution < -0.4 is 0 Å². The Labute approximate surface area is 116 Å². The Morgan fingerprint density at radius 3 is 1.00 bits per heavy atom. The van der Waals surface area contributed by atoms with Gasteiger partial charge >= 0.3 is 32.0 Å². The van der Waals surface area contributed by atoms with E-state index in [2.05, 4.69) is 14.6 Å². The summed E-state index contributed by atoms with van der Waals surface area (Å²) in [5.41, 5.74) is 0. The third-order valence-electron chi connectivity index (χ3n) is 0. The summed E-state index contributed by atoms with van der Waals surface area (Å²) in [7, 11) is 0. The molecule has 0 fully saturated rings. The van der Waals surface area contributed by atoms with E-state index in [1.54, 1.807) is 0 Å². The molecule has 0 nitrogen and oxygen atoms in total. The van der Waals surface area contributed by atoms with Gasteiger partial charge in [0, 0.05) is 69.6 Å². The van der Waals surface area contributed by atoms with Crippen molar-refractivity contribution in [1.29, 1.82) is 0 Å². The van der Waals surface area contributed by atoms with Gasteiger partial charge in [0.2, 0.25) is 0 Å². The van der Waals surface area contributed by atoms with Gasteiger partial charge in [-0.15, -0.1) is 0 Å². The van der Waals surface area contributed by atoms with E-state index in [0.717, 1.165) is 0 Å². The number of hydrogen-bond acceptors (Lipinski definition) is 0. The summed E-state index contributed by atoms with van der Waals surface area (Å²) in [6.07, 6.45) is 0. The van der Waals surface area contributed by atoms with Crippen LogP contribution in [0.1, 0.15) is 0 Å². The average molecular weight is 364 g/mol. The maximum absolute atomic E-state index is 2.32. The van der Waals surface area contributed by atoms with Gasteiger partial charge in [0.25, 0.3) is 0 Å². The zero-order valence-electron chi connectivity index (χ0n) is 2.36. The monoisotopic (exact) mass is 365 g/mol. The minimum Gasteiger partial charge on any atom is 0 e. The molecule has 0 saturated heterocycles. The van der Waals surface area contributed by atoms with Crippen molar-refractivity contribution in [3.05, 3.63) is 0 Å². The predicted octanol–water partition coefficient (Wildman–Crippen LogP) is -1.20. The summed E-state index contributed by atoms with van der Waals surface area (Å²) < 4.78 is 0. The zero-order chi connectivity index (χ0) is 2.00. The molecular formula is H3AlMoTi2VZr. The summed E-state index contributed by atoms with van der Waals surface area (Å²) in [5, 5.41) is 0. The van der Waals surface area contributed by atoms with E-state index in [1.165, 1.54) is 0 Å². The second-order valence-electron chi connectivity index (χ2n) is 0. The summed E-state index contributed by atoms with van der Waals surface area (Å²) in [4.78, 5) is 0. The molecule has 0 amide bonds. The second kappa shape index (κ2) is 35.4. The van der Waals surface area contributed by atoms with Crippen molar-refractivity contribution >= 4 is 17.4 Å². The summed E-state index contributed by atoms with van der Waals surface area (Å²) in [6.45, 7) is 0. The van der Waals surface area contributed by atoms with Gasteiger partial charge in [0.1, 0.15) is 0 Å². The molecule has 0 aromatic heterocycles. The summed E-state index contributed by atoms with van der Waals surface area (Å²) in [5.74, 6) is 0. The maximum Gasteiger partial charge on any atom is 0 e. The summed E-state index contributed by atoms with van der Waals surface area (Å²) >= 11 is 4.21. The Bertz CT molecular complexity index is 13.5. The van der Waals surface area contributed by atoms with E-state index in [1.807, 2.05) is 17.4 Å². The van der Waals surface area contributed by atoms with E-state index in [-0.39, 0.29) is 87.0 Å². The van der Waals surface area contributed by atoms with Crippen LogP contribution in [-0.4, -0.2) is 17.4 Å². The largest absolute Gasteiger partial charge is 0 e. The third kappa shape index (κ3) is 24.3.